The number of nitrogens with two attached hydrogens (primary N) is 1. The molecule has 0 radical (unpaired) electrons. The van der Waals surface area contributed by atoms with E-state index in [1.165, 1.54) is 12.6 Å². The van der Waals surface area contributed by atoms with Crippen molar-refractivity contribution >= 4 is 34.8 Å². The molecule has 5 heterocycles. The lowest BCUT2D eigenvalue weighted by Crippen LogP contribution is -2.44. The molecule has 31 heavy (non-hydrogen) atoms. The molecule has 3 aromatic heterocycles. The van der Waals surface area contributed by atoms with Crippen molar-refractivity contribution in [2.75, 3.05) is 42.3 Å². The molecule has 0 bridgehead atoms. The van der Waals surface area contributed by atoms with Gasteiger partial charge in [-0.05, 0) is 37.8 Å². The molecule has 0 unspecified atom stereocenters. The Kier molecular flexibility index (Phi) is 4.85. The van der Waals surface area contributed by atoms with E-state index in [1.807, 2.05) is 18.2 Å². The summed E-state index contributed by atoms with van der Waals surface area (Å²) in [6.45, 7) is 2.75. The molecule has 4 N–H and O–H groups in total. The highest BCUT2D eigenvalue weighted by Gasteiger charge is 2.38. The molecule has 0 saturated carbocycles. The highest BCUT2D eigenvalue weighted by atomic mass is 16.5. The molecular formula is C21H26N8O2. The Bertz CT molecular complexity index is 1110. The van der Waals surface area contributed by atoms with Crippen molar-refractivity contribution in [3.63, 3.8) is 0 Å². The second-order valence-electron chi connectivity index (χ2n) is 8.06. The number of fused-ring (bicyclic) bond motifs is 1. The van der Waals surface area contributed by atoms with Crippen LogP contribution in [0.1, 0.15) is 36.0 Å². The van der Waals surface area contributed by atoms with Gasteiger partial charge in [-0.1, -0.05) is 6.07 Å². The van der Waals surface area contributed by atoms with Crippen LogP contribution in [0, 0.1) is 0 Å². The summed E-state index contributed by atoms with van der Waals surface area (Å²) in [4.78, 5) is 23.3. The van der Waals surface area contributed by atoms with Crippen LogP contribution in [0.25, 0.3) is 5.65 Å². The van der Waals surface area contributed by atoms with Crippen LogP contribution in [0.5, 0.6) is 0 Å². The van der Waals surface area contributed by atoms with Crippen molar-refractivity contribution in [1.29, 1.82) is 0 Å². The lowest BCUT2D eigenvalue weighted by atomic mass is 9.89. The van der Waals surface area contributed by atoms with Crippen LogP contribution in [0.4, 0.5) is 23.3 Å². The molecule has 10 nitrogen and oxygen atoms in total. The largest absolute Gasteiger partial charge is 0.375 e. The van der Waals surface area contributed by atoms with E-state index < -0.39 is 5.91 Å². The van der Waals surface area contributed by atoms with Crippen LogP contribution < -0.4 is 21.3 Å². The summed E-state index contributed by atoms with van der Waals surface area (Å²) in [7, 11) is 1.78. The normalized spacial score (nSPS) is 17.9. The van der Waals surface area contributed by atoms with Gasteiger partial charge < -0.3 is 26.0 Å². The van der Waals surface area contributed by atoms with Gasteiger partial charge in [0.2, 0.25) is 0 Å². The maximum Gasteiger partial charge on any atom is 0.254 e. The predicted molar refractivity (Wildman–Crippen MR) is 118 cm³/mol. The van der Waals surface area contributed by atoms with E-state index in [-0.39, 0.29) is 11.2 Å². The van der Waals surface area contributed by atoms with E-state index in [4.69, 9.17) is 15.5 Å². The van der Waals surface area contributed by atoms with Crippen molar-refractivity contribution in [2.24, 2.45) is 5.73 Å². The zero-order valence-electron chi connectivity index (χ0n) is 17.5. The van der Waals surface area contributed by atoms with Gasteiger partial charge in [0.05, 0.1) is 11.8 Å². The van der Waals surface area contributed by atoms with Gasteiger partial charge in [-0.15, -0.1) is 0 Å². The first-order valence-electron chi connectivity index (χ1n) is 10.6. The summed E-state index contributed by atoms with van der Waals surface area (Å²) in [5.74, 6) is 2.25. The van der Waals surface area contributed by atoms with Crippen LogP contribution in [-0.4, -0.2) is 57.8 Å². The number of ether oxygens (including phenoxy) is 1. The van der Waals surface area contributed by atoms with E-state index in [2.05, 4.69) is 25.6 Å². The Morgan fingerprint density at radius 1 is 1.19 bits per heavy atom. The van der Waals surface area contributed by atoms with Gasteiger partial charge in [0.1, 0.15) is 28.8 Å². The minimum absolute atomic E-state index is 0.0820. The van der Waals surface area contributed by atoms with Crippen LogP contribution in [0.2, 0.25) is 0 Å². The number of carbonyl (C=O) groups is 1. The average molecular weight is 422 g/mol. The third kappa shape index (κ3) is 3.63. The number of primary amides is 1. The van der Waals surface area contributed by atoms with Crippen molar-refractivity contribution < 1.29 is 9.53 Å². The van der Waals surface area contributed by atoms with Crippen molar-refractivity contribution in [3.05, 3.63) is 36.0 Å². The van der Waals surface area contributed by atoms with Gasteiger partial charge in [-0.2, -0.15) is 9.61 Å². The molecule has 1 spiro atoms. The van der Waals surface area contributed by atoms with Crippen molar-refractivity contribution in [2.45, 2.75) is 31.3 Å². The van der Waals surface area contributed by atoms with Crippen LogP contribution in [0.3, 0.4) is 0 Å². The van der Waals surface area contributed by atoms with E-state index in [0.717, 1.165) is 44.8 Å². The number of carbonyl (C=O) groups excluding carboxylic acids is 1. The molecule has 2 saturated heterocycles. The van der Waals surface area contributed by atoms with Gasteiger partial charge in [-0.25, -0.2) is 9.97 Å². The Labute approximate surface area is 179 Å². The Balaban J connectivity index is 1.38. The fraction of sp³-hybridized carbons (Fsp3) is 0.429. The summed E-state index contributed by atoms with van der Waals surface area (Å²) in [6.07, 6.45) is 5.82. The van der Waals surface area contributed by atoms with Crippen LogP contribution >= 0.6 is 0 Å². The lowest BCUT2D eigenvalue weighted by molar-refractivity contribution is -0.0147. The fourth-order valence-corrected chi connectivity index (χ4v) is 4.47. The number of rotatable bonds is 5. The molecule has 162 valence electrons. The standard InChI is InChI=1S/C21H26N8O2/c1-23-18-12-16(27-20-14(19(22)30)13-24-29(18)20)25-15-4-2-5-17(26-15)28-9-7-21(8-10-28)6-3-11-31-21/h2,4-5,12-13,23H,3,6-11H2,1H3,(H2,22,30)(H,25,26,27). The van der Waals surface area contributed by atoms with Crippen LogP contribution in [-0.2, 0) is 4.74 Å². The Hall–Kier alpha value is -3.40. The fourth-order valence-electron chi connectivity index (χ4n) is 4.47. The molecule has 5 rings (SSSR count). The average Bonchev–Trinajstić information content (AvgIpc) is 3.41. The Morgan fingerprint density at radius 2 is 2.03 bits per heavy atom. The summed E-state index contributed by atoms with van der Waals surface area (Å²) in [5.41, 5.74) is 6.19. The van der Waals surface area contributed by atoms with E-state index in [1.54, 1.807) is 17.6 Å². The summed E-state index contributed by atoms with van der Waals surface area (Å²) < 4.78 is 7.58. The van der Waals surface area contributed by atoms with E-state index >= 15 is 0 Å². The number of pyridine rings is 1. The molecule has 2 fully saturated rings. The SMILES string of the molecule is CNc1cc(Nc2cccc(N3CCC4(CCCO4)CC3)n2)nc2c(C(N)=O)cnn12. The second-order valence-corrected chi connectivity index (χ2v) is 8.06. The third-order valence-electron chi connectivity index (χ3n) is 6.17. The lowest BCUT2D eigenvalue weighted by Gasteiger charge is -2.39. The Morgan fingerprint density at radius 3 is 2.74 bits per heavy atom. The number of nitrogens with zero attached hydrogens (tertiary/aromatic N) is 5. The first-order chi connectivity index (χ1) is 15.1. The van der Waals surface area contributed by atoms with Gasteiger partial charge in [-0.3, -0.25) is 4.79 Å². The monoisotopic (exact) mass is 422 g/mol. The molecule has 0 aliphatic carbocycles. The number of nitrogens with one attached hydrogen (secondary N) is 2. The van der Waals surface area contributed by atoms with Gasteiger partial charge in [0, 0.05) is 32.8 Å². The van der Waals surface area contributed by atoms with Gasteiger partial charge >= 0.3 is 0 Å². The molecule has 0 atom stereocenters. The quantitative estimate of drug-likeness (QED) is 0.572. The maximum atomic E-state index is 11.7. The number of hydrogen-bond donors (Lipinski definition) is 3. The highest BCUT2D eigenvalue weighted by Crippen LogP contribution is 2.36. The molecular weight excluding hydrogens is 396 g/mol. The maximum absolute atomic E-state index is 11.7. The summed E-state index contributed by atoms with van der Waals surface area (Å²) in [5, 5.41) is 10.5. The number of piperidine rings is 1. The van der Waals surface area contributed by atoms with E-state index in [9.17, 15) is 4.79 Å². The molecule has 2 aliphatic heterocycles. The third-order valence-corrected chi connectivity index (χ3v) is 6.17. The molecule has 2 aliphatic rings. The van der Waals surface area contributed by atoms with Crippen molar-refractivity contribution in [3.8, 4) is 0 Å². The molecule has 3 aromatic rings. The second kappa shape index (κ2) is 7.69. The number of hydrogen-bond acceptors (Lipinski definition) is 8. The molecule has 10 heteroatoms. The first kappa shape index (κ1) is 19.6. The number of amides is 1. The zero-order chi connectivity index (χ0) is 21.4. The topological polar surface area (TPSA) is 123 Å². The number of anilines is 4. The van der Waals surface area contributed by atoms with Gasteiger partial charge in [0.25, 0.3) is 5.91 Å². The summed E-state index contributed by atoms with van der Waals surface area (Å²) in [6, 6.07) is 7.70. The minimum Gasteiger partial charge on any atom is -0.375 e. The smallest absolute Gasteiger partial charge is 0.254 e. The van der Waals surface area contributed by atoms with Crippen molar-refractivity contribution in [1.82, 2.24) is 19.6 Å². The molecule has 0 aromatic carbocycles. The minimum atomic E-state index is -0.573. The summed E-state index contributed by atoms with van der Waals surface area (Å²) >= 11 is 0. The molecule has 1 amide bonds. The van der Waals surface area contributed by atoms with E-state index in [0.29, 0.717) is 23.1 Å². The zero-order valence-corrected chi connectivity index (χ0v) is 17.5. The van der Waals surface area contributed by atoms with Crippen LogP contribution in [0.15, 0.2) is 30.5 Å². The predicted octanol–water partition coefficient (Wildman–Crippen LogP) is 2.16. The highest BCUT2D eigenvalue weighted by molar-refractivity contribution is 5.98. The van der Waals surface area contributed by atoms with Gasteiger partial charge in [0.15, 0.2) is 5.65 Å². The first-order valence-corrected chi connectivity index (χ1v) is 10.6. The number of aromatic nitrogens is 4.